The fourth-order valence-corrected chi connectivity index (χ4v) is 4.85. The molecule has 0 saturated heterocycles. The summed E-state index contributed by atoms with van der Waals surface area (Å²) in [7, 11) is -5.44. The van der Waals surface area contributed by atoms with Crippen LogP contribution >= 0.6 is 0 Å². The Hall–Kier alpha value is -1.45. The van der Waals surface area contributed by atoms with Gasteiger partial charge in [-0.1, -0.05) is 12.8 Å². The van der Waals surface area contributed by atoms with Gasteiger partial charge >= 0.3 is 0 Å². The van der Waals surface area contributed by atoms with Crippen molar-refractivity contribution in [2.75, 3.05) is 25.2 Å². The van der Waals surface area contributed by atoms with E-state index in [1.165, 1.54) is 31.3 Å². The van der Waals surface area contributed by atoms with E-state index in [1.54, 1.807) is 0 Å². The first-order chi connectivity index (χ1) is 11.1. The molecule has 1 N–H and O–H groups in total. The predicted octanol–water partition coefficient (Wildman–Crippen LogP) is 1.23. The molecular weight excluding hydrogens is 352 g/mol. The molecule has 0 aliphatic heterocycles. The summed E-state index contributed by atoms with van der Waals surface area (Å²) in [6, 6.07) is 5.98. The smallest absolute Gasteiger partial charge is 0.239 e. The molecule has 0 heterocycles. The zero-order valence-corrected chi connectivity index (χ0v) is 15.4. The maximum absolute atomic E-state index is 12.5. The van der Waals surface area contributed by atoms with Crippen LogP contribution in [0.25, 0.3) is 0 Å². The summed E-state index contributed by atoms with van der Waals surface area (Å²) in [5, 5.41) is 2.24. The van der Waals surface area contributed by atoms with Crippen molar-refractivity contribution in [2.24, 2.45) is 0 Å². The molecule has 9 heteroatoms. The number of amides is 1. The second-order valence-electron chi connectivity index (χ2n) is 6.04. The van der Waals surface area contributed by atoms with Crippen LogP contribution in [0.1, 0.15) is 25.7 Å². The van der Waals surface area contributed by atoms with Gasteiger partial charge in [-0.3, -0.25) is 4.79 Å². The van der Waals surface area contributed by atoms with Crippen LogP contribution < -0.4 is 5.32 Å². The summed E-state index contributed by atoms with van der Waals surface area (Å²) in [4.78, 5) is 12.1. The zero-order valence-electron chi connectivity index (χ0n) is 13.7. The highest BCUT2D eigenvalue weighted by atomic mass is 32.2. The van der Waals surface area contributed by atoms with E-state index in [-0.39, 0.29) is 16.7 Å². The van der Waals surface area contributed by atoms with E-state index in [2.05, 4.69) is 5.32 Å². The van der Waals surface area contributed by atoms with Gasteiger partial charge in [-0.05, 0) is 37.1 Å². The Bertz CT molecular complexity index is 795. The third kappa shape index (κ3) is 4.55. The molecule has 0 radical (unpaired) electrons. The molecule has 0 unspecified atom stereocenters. The van der Waals surface area contributed by atoms with Gasteiger partial charge in [0.05, 0.1) is 22.9 Å². The number of nitrogens with one attached hydrogen (secondary N) is 1. The van der Waals surface area contributed by atoms with Crippen molar-refractivity contribution in [3.63, 3.8) is 0 Å². The molecule has 1 fully saturated rings. The minimum absolute atomic E-state index is 0.251. The Labute approximate surface area is 143 Å². The van der Waals surface area contributed by atoms with Gasteiger partial charge in [-0.25, -0.2) is 16.8 Å². The zero-order chi connectivity index (χ0) is 18.0. The van der Waals surface area contributed by atoms with Gasteiger partial charge in [0.15, 0.2) is 9.84 Å². The van der Waals surface area contributed by atoms with Crippen LogP contribution in [0.2, 0.25) is 0 Å². The fourth-order valence-electron chi connectivity index (χ4n) is 2.64. The van der Waals surface area contributed by atoms with Gasteiger partial charge in [-0.15, -0.1) is 0 Å². The third-order valence-corrected chi connectivity index (χ3v) is 7.68. The second kappa shape index (κ2) is 7.20. The Morgan fingerprint density at radius 1 is 1.12 bits per heavy atom. The van der Waals surface area contributed by atoms with E-state index < -0.39 is 25.8 Å². The van der Waals surface area contributed by atoms with Crippen LogP contribution in [0.5, 0.6) is 0 Å². The number of hydrogen-bond acceptors (Lipinski definition) is 5. The number of benzene rings is 1. The van der Waals surface area contributed by atoms with Gasteiger partial charge in [0.1, 0.15) is 0 Å². The highest BCUT2D eigenvalue weighted by Crippen LogP contribution is 2.30. The monoisotopic (exact) mass is 374 g/mol. The number of carbonyl (C=O) groups is 1. The van der Waals surface area contributed by atoms with E-state index >= 15 is 0 Å². The molecule has 134 valence electrons. The minimum atomic E-state index is -3.43. The van der Waals surface area contributed by atoms with Crippen molar-refractivity contribution in [2.45, 2.75) is 35.8 Å². The van der Waals surface area contributed by atoms with Gasteiger partial charge in [0, 0.05) is 12.7 Å². The lowest BCUT2D eigenvalue weighted by atomic mass is 10.3. The molecule has 0 bridgehead atoms. The first-order valence-corrected chi connectivity index (χ1v) is 11.1. The van der Waals surface area contributed by atoms with Crippen molar-refractivity contribution in [3.8, 4) is 0 Å². The first-order valence-electron chi connectivity index (χ1n) is 7.66. The Morgan fingerprint density at radius 3 is 2.17 bits per heavy atom. The fraction of sp³-hybridized carbons (Fsp3) is 0.533. The van der Waals surface area contributed by atoms with Crippen LogP contribution in [0.15, 0.2) is 29.2 Å². The Balaban J connectivity index is 2.03. The molecular formula is C15H22N2O5S2. The Kier molecular flexibility index (Phi) is 5.67. The number of rotatable bonds is 6. The predicted molar refractivity (Wildman–Crippen MR) is 92.0 cm³/mol. The molecule has 1 saturated carbocycles. The van der Waals surface area contributed by atoms with Crippen LogP contribution in [-0.2, 0) is 24.7 Å². The lowest BCUT2D eigenvalue weighted by Crippen LogP contribution is -2.34. The number of nitrogens with zero attached hydrogens (tertiary/aromatic N) is 1. The topological polar surface area (TPSA) is 101 Å². The molecule has 0 atom stereocenters. The minimum Gasteiger partial charge on any atom is -0.325 e. The molecule has 0 spiro atoms. The summed E-state index contributed by atoms with van der Waals surface area (Å²) in [5.41, 5.74) is 0.423. The lowest BCUT2D eigenvalue weighted by molar-refractivity contribution is -0.116. The van der Waals surface area contributed by atoms with Crippen molar-refractivity contribution < 1.29 is 21.6 Å². The van der Waals surface area contributed by atoms with Crippen LogP contribution in [0.4, 0.5) is 5.69 Å². The molecule has 7 nitrogen and oxygen atoms in total. The molecule has 1 aliphatic carbocycles. The number of hydrogen-bond donors (Lipinski definition) is 1. The van der Waals surface area contributed by atoms with Crippen LogP contribution in [0, 0.1) is 0 Å². The summed E-state index contributed by atoms with van der Waals surface area (Å²) < 4.78 is 48.4. The summed E-state index contributed by atoms with van der Waals surface area (Å²) in [6.07, 6.45) is 4.28. The average molecular weight is 374 g/mol. The summed E-state index contributed by atoms with van der Waals surface area (Å²) in [6.45, 7) is -0.305. The molecule has 24 heavy (non-hydrogen) atoms. The van der Waals surface area contributed by atoms with E-state index in [0.717, 1.165) is 23.4 Å². The number of carbonyl (C=O) groups excluding carboxylic acids is 1. The largest absolute Gasteiger partial charge is 0.325 e. The van der Waals surface area contributed by atoms with Crippen molar-refractivity contribution >= 4 is 31.5 Å². The van der Waals surface area contributed by atoms with E-state index in [4.69, 9.17) is 0 Å². The quantitative estimate of drug-likeness (QED) is 0.807. The maximum Gasteiger partial charge on any atom is 0.239 e. The van der Waals surface area contributed by atoms with E-state index in [0.29, 0.717) is 18.5 Å². The van der Waals surface area contributed by atoms with Crippen LogP contribution in [0.3, 0.4) is 0 Å². The third-order valence-electron chi connectivity index (χ3n) is 4.14. The molecule has 0 aromatic heterocycles. The van der Waals surface area contributed by atoms with Crippen molar-refractivity contribution in [1.82, 2.24) is 4.31 Å². The first kappa shape index (κ1) is 18.9. The van der Waals surface area contributed by atoms with Gasteiger partial charge < -0.3 is 5.32 Å². The van der Waals surface area contributed by atoms with Gasteiger partial charge in [-0.2, -0.15) is 4.31 Å². The number of likely N-dealkylation sites (N-methyl/N-ethyl adjacent to an activating group) is 1. The Morgan fingerprint density at radius 2 is 1.67 bits per heavy atom. The van der Waals surface area contributed by atoms with E-state index in [9.17, 15) is 21.6 Å². The van der Waals surface area contributed by atoms with Gasteiger partial charge in [0.25, 0.3) is 0 Å². The lowest BCUT2D eigenvalue weighted by Gasteiger charge is -2.14. The number of anilines is 1. The van der Waals surface area contributed by atoms with Crippen molar-refractivity contribution in [1.29, 1.82) is 0 Å². The SMILES string of the molecule is CN(CC(=O)Nc1ccc(S(=O)(=O)C2CCCC2)cc1)S(C)(=O)=O. The average Bonchev–Trinajstić information content (AvgIpc) is 3.01. The standard InChI is InChI=1S/C15H22N2O5S2/c1-17(23(2,19)20)11-15(18)16-12-7-9-14(10-8-12)24(21,22)13-5-3-4-6-13/h7-10,13H,3-6,11H2,1-2H3,(H,16,18). The molecule has 1 aliphatic rings. The molecule has 2 rings (SSSR count). The second-order valence-corrected chi connectivity index (χ2v) is 10.4. The summed E-state index contributed by atoms with van der Waals surface area (Å²) >= 11 is 0. The van der Waals surface area contributed by atoms with Crippen LogP contribution in [-0.4, -0.2) is 52.1 Å². The highest BCUT2D eigenvalue weighted by Gasteiger charge is 2.30. The number of sulfone groups is 1. The summed E-state index contributed by atoms with van der Waals surface area (Å²) in [5.74, 6) is -0.491. The maximum atomic E-state index is 12.5. The number of sulfonamides is 1. The van der Waals surface area contributed by atoms with Crippen molar-refractivity contribution in [3.05, 3.63) is 24.3 Å². The molecule has 1 amide bonds. The molecule has 1 aromatic carbocycles. The normalized spacial score (nSPS) is 16.5. The molecule has 1 aromatic rings. The van der Waals surface area contributed by atoms with Gasteiger partial charge in [0.2, 0.25) is 15.9 Å². The highest BCUT2D eigenvalue weighted by molar-refractivity contribution is 7.92. The van der Waals surface area contributed by atoms with E-state index in [1.807, 2.05) is 0 Å².